The lowest BCUT2D eigenvalue weighted by Crippen LogP contribution is -2.29. The Kier molecular flexibility index (Phi) is 5.74. The van der Waals surface area contributed by atoms with Crippen LogP contribution in [0, 0.1) is 10.1 Å². The molecule has 0 spiro atoms. The second-order valence-corrected chi connectivity index (χ2v) is 7.25. The van der Waals surface area contributed by atoms with Crippen molar-refractivity contribution in [3.05, 3.63) is 82.1 Å². The number of nitrogens with zero attached hydrogens (tertiary/aromatic N) is 4. The molecule has 4 rings (SSSR count). The van der Waals surface area contributed by atoms with Crippen LogP contribution in [0.25, 0.3) is 6.08 Å². The molecule has 1 aliphatic rings. The van der Waals surface area contributed by atoms with E-state index in [1.807, 2.05) is 24.3 Å². The van der Waals surface area contributed by atoms with Gasteiger partial charge >= 0.3 is 5.69 Å². The first-order valence-corrected chi connectivity index (χ1v) is 9.91. The van der Waals surface area contributed by atoms with Gasteiger partial charge in [0.2, 0.25) is 0 Å². The normalized spacial score (nSPS) is 14.3. The molecule has 8 nitrogen and oxygen atoms in total. The quantitative estimate of drug-likeness (QED) is 0.251. The summed E-state index contributed by atoms with van der Waals surface area (Å²) in [5.41, 5.74) is 1.71. The minimum atomic E-state index is -0.496. The summed E-state index contributed by atoms with van der Waals surface area (Å²) in [6.45, 7) is 2.41. The van der Waals surface area contributed by atoms with Crippen molar-refractivity contribution in [2.24, 2.45) is 0 Å². The van der Waals surface area contributed by atoms with E-state index in [2.05, 4.69) is 10.00 Å². The van der Waals surface area contributed by atoms with Gasteiger partial charge < -0.3 is 9.32 Å². The number of piperidine rings is 1. The van der Waals surface area contributed by atoms with Crippen molar-refractivity contribution in [2.75, 3.05) is 18.0 Å². The van der Waals surface area contributed by atoms with Gasteiger partial charge in [0, 0.05) is 24.3 Å². The van der Waals surface area contributed by atoms with Gasteiger partial charge in [-0.05, 0) is 67.8 Å². The number of ketones is 1. The van der Waals surface area contributed by atoms with Gasteiger partial charge in [-0.15, -0.1) is 0 Å². The van der Waals surface area contributed by atoms with E-state index in [1.165, 1.54) is 42.4 Å². The summed E-state index contributed by atoms with van der Waals surface area (Å²) < 4.78 is 7.10. The number of carbonyl (C=O) groups excluding carboxylic acids is 1. The average Bonchev–Trinajstić information content (AvgIpc) is 3.43. The Morgan fingerprint density at radius 3 is 2.60 bits per heavy atom. The molecule has 0 N–H and O–H groups in total. The maximum Gasteiger partial charge on any atom is 0.307 e. The minimum absolute atomic E-state index is 0.0708. The fourth-order valence-corrected chi connectivity index (χ4v) is 3.50. The molecule has 30 heavy (non-hydrogen) atoms. The van der Waals surface area contributed by atoms with Crippen molar-refractivity contribution < 1.29 is 14.1 Å². The molecule has 3 heterocycles. The predicted octanol–water partition coefficient (Wildman–Crippen LogP) is 4.32. The predicted molar refractivity (Wildman–Crippen MR) is 113 cm³/mol. The highest BCUT2D eigenvalue weighted by Gasteiger charge is 2.12. The number of hydrogen-bond donors (Lipinski definition) is 0. The first-order valence-electron chi connectivity index (χ1n) is 9.91. The maximum absolute atomic E-state index is 12.4. The Hall–Kier alpha value is -3.68. The monoisotopic (exact) mass is 406 g/mol. The Balaban J connectivity index is 1.36. The first kappa shape index (κ1) is 19.6. The number of carbonyl (C=O) groups is 1. The van der Waals surface area contributed by atoms with Gasteiger partial charge in [0.15, 0.2) is 5.78 Å². The van der Waals surface area contributed by atoms with E-state index in [4.69, 9.17) is 4.42 Å². The van der Waals surface area contributed by atoms with Crippen LogP contribution < -0.4 is 4.90 Å². The summed E-state index contributed by atoms with van der Waals surface area (Å²) in [5, 5.41) is 14.7. The zero-order chi connectivity index (χ0) is 20.9. The molecule has 0 bridgehead atoms. The molecule has 0 radical (unpaired) electrons. The van der Waals surface area contributed by atoms with Gasteiger partial charge in [-0.2, -0.15) is 5.10 Å². The molecule has 0 saturated carbocycles. The summed E-state index contributed by atoms with van der Waals surface area (Å²) >= 11 is 0. The second kappa shape index (κ2) is 8.77. The van der Waals surface area contributed by atoms with E-state index in [9.17, 15) is 14.9 Å². The molecule has 2 aromatic heterocycles. The minimum Gasteiger partial charge on any atom is -0.460 e. The highest BCUT2D eigenvalue weighted by atomic mass is 16.6. The fourth-order valence-electron chi connectivity index (χ4n) is 3.50. The molecule has 1 aliphatic heterocycles. The van der Waals surface area contributed by atoms with Crippen LogP contribution in [-0.2, 0) is 6.54 Å². The lowest BCUT2D eigenvalue weighted by molar-refractivity contribution is -0.385. The standard InChI is InChI=1S/C22H22N4O4/c27-22(17-4-6-18(7-5-17)24-12-2-1-3-13-24)11-10-20-8-9-21(30-20)16-25-15-19(14-23-25)26(28)29/h4-11,14-15H,1-3,12-13,16H2/b11-10+. The van der Waals surface area contributed by atoms with Crippen LogP contribution in [0.2, 0.25) is 0 Å². The van der Waals surface area contributed by atoms with E-state index in [0.29, 0.717) is 17.1 Å². The average molecular weight is 406 g/mol. The number of nitro groups is 1. The lowest BCUT2D eigenvalue weighted by atomic mass is 10.1. The lowest BCUT2D eigenvalue weighted by Gasteiger charge is -2.28. The van der Waals surface area contributed by atoms with Crippen LogP contribution in [0.15, 0.2) is 59.3 Å². The van der Waals surface area contributed by atoms with Crippen molar-refractivity contribution in [1.82, 2.24) is 9.78 Å². The number of allylic oxidation sites excluding steroid dienone is 1. The molecule has 0 atom stereocenters. The summed E-state index contributed by atoms with van der Waals surface area (Å²) in [5.74, 6) is 1.02. The van der Waals surface area contributed by atoms with Crippen molar-refractivity contribution in [2.45, 2.75) is 25.8 Å². The third kappa shape index (κ3) is 4.65. The SMILES string of the molecule is O=C(/C=C/c1ccc(Cn2cc([N+](=O)[O-])cn2)o1)c1ccc(N2CCCCC2)cc1. The van der Waals surface area contributed by atoms with Crippen LogP contribution in [0.4, 0.5) is 11.4 Å². The topological polar surface area (TPSA) is 94.4 Å². The molecule has 8 heteroatoms. The van der Waals surface area contributed by atoms with Gasteiger partial charge in [-0.3, -0.25) is 19.6 Å². The summed E-state index contributed by atoms with van der Waals surface area (Å²) in [6.07, 6.45) is 9.35. The Bertz CT molecular complexity index is 1060. The molecule has 1 aromatic carbocycles. The highest BCUT2D eigenvalue weighted by Crippen LogP contribution is 2.21. The van der Waals surface area contributed by atoms with Gasteiger partial charge in [0.05, 0.1) is 11.5 Å². The van der Waals surface area contributed by atoms with Crippen LogP contribution in [-0.4, -0.2) is 33.6 Å². The number of benzene rings is 1. The highest BCUT2D eigenvalue weighted by molar-refractivity contribution is 6.06. The van der Waals surface area contributed by atoms with Gasteiger partial charge in [0.1, 0.15) is 23.9 Å². The van der Waals surface area contributed by atoms with Gasteiger partial charge in [0.25, 0.3) is 0 Å². The van der Waals surface area contributed by atoms with E-state index in [1.54, 1.807) is 18.2 Å². The summed E-state index contributed by atoms with van der Waals surface area (Å²) in [4.78, 5) is 25.0. The van der Waals surface area contributed by atoms with Crippen LogP contribution in [0.3, 0.4) is 0 Å². The zero-order valence-corrected chi connectivity index (χ0v) is 16.4. The van der Waals surface area contributed by atoms with Crippen LogP contribution in [0.5, 0.6) is 0 Å². The zero-order valence-electron chi connectivity index (χ0n) is 16.4. The van der Waals surface area contributed by atoms with Crippen molar-refractivity contribution >= 4 is 23.2 Å². The van der Waals surface area contributed by atoms with E-state index >= 15 is 0 Å². The third-order valence-electron chi connectivity index (χ3n) is 5.10. The largest absolute Gasteiger partial charge is 0.460 e. The summed E-state index contributed by atoms with van der Waals surface area (Å²) in [6, 6.07) is 11.2. The maximum atomic E-state index is 12.4. The van der Waals surface area contributed by atoms with Crippen molar-refractivity contribution in [3.63, 3.8) is 0 Å². The fraction of sp³-hybridized carbons (Fsp3) is 0.273. The van der Waals surface area contributed by atoms with Gasteiger partial charge in [-0.25, -0.2) is 0 Å². The molecule has 3 aromatic rings. The van der Waals surface area contributed by atoms with E-state index < -0.39 is 4.92 Å². The van der Waals surface area contributed by atoms with E-state index in [0.717, 1.165) is 18.8 Å². The smallest absolute Gasteiger partial charge is 0.307 e. The molecule has 0 unspecified atom stereocenters. The molecular formula is C22H22N4O4. The van der Waals surface area contributed by atoms with E-state index in [-0.39, 0.29) is 18.0 Å². The molecule has 0 amide bonds. The second-order valence-electron chi connectivity index (χ2n) is 7.25. The number of furan rings is 1. The number of rotatable bonds is 7. The Morgan fingerprint density at radius 1 is 1.13 bits per heavy atom. The summed E-state index contributed by atoms with van der Waals surface area (Å²) in [7, 11) is 0. The molecule has 0 aliphatic carbocycles. The Labute approximate surface area is 173 Å². The molecule has 1 saturated heterocycles. The number of anilines is 1. The number of aromatic nitrogens is 2. The van der Waals surface area contributed by atoms with Crippen LogP contribution >= 0.6 is 0 Å². The van der Waals surface area contributed by atoms with Crippen molar-refractivity contribution in [1.29, 1.82) is 0 Å². The number of hydrogen-bond acceptors (Lipinski definition) is 6. The van der Waals surface area contributed by atoms with Crippen LogP contribution in [0.1, 0.15) is 41.1 Å². The molecular weight excluding hydrogens is 384 g/mol. The third-order valence-corrected chi connectivity index (χ3v) is 5.10. The molecule has 154 valence electrons. The first-order chi connectivity index (χ1) is 14.6. The van der Waals surface area contributed by atoms with Gasteiger partial charge in [-0.1, -0.05) is 0 Å². The van der Waals surface area contributed by atoms with Crippen molar-refractivity contribution in [3.8, 4) is 0 Å². The Morgan fingerprint density at radius 2 is 1.90 bits per heavy atom. The molecule has 1 fully saturated rings.